The molecule has 1 atom stereocenters. The van der Waals surface area contributed by atoms with Crippen LogP contribution in [0.15, 0.2) is 29.2 Å². The first-order valence-electron chi connectivity index (χ1n) is 6.53. The van der Waals surface area contributed by atoms with Gasteiger partial charge in [0, 0.05) is 24.9 Å². The highest BCUT2D eigenvalue weighted by Crippen LogP contribution is 2.28. The minimum atomic E-state index is -3.62. The highest BCUT2D eigenvalue weighted by molar-refractivity contribution is 7.89. The van der Waals surface area contributed by atoms with Crippen molar-refractivity contribution in [1.29, 1.82) is 0 Å². The molecule has 2 rings (SSSR count). The average Bonchev–Trinajstić information content (AvgIpc) is 2.83. The van der Waals surface area contributed by atoms with Gasteiger partial charge in [0.25, 0.3) is 0 Å². The third-order valence-corrected chi connectivity index (χ3v) is 4.50. The number of primary sulfonamides is 1. The number of hydrogen-bond donors (Lipinski definition) is 2. The number of sulfonamides is 1. The highest BCUT2D eigenvalue weighted by atomic mass is 32.2. The van der Waals surface area contributed by atoms with E-state index in [4.69, 9.17) is 10.2 Å². The Morgan fingerprint density at radius 2 is 2.00 bits per heavy atom. The Morgan fingerprint density at radius 1 is 1.32 bits per heavy atom. The summed E-state index contributed by atoms with van der Waals surface area (Å²) in [6.07, 6.45) is 4.02. The van der Waals surface area contributed by atoms with Crippen LogP contribution < -0.4 is 10.0 Å². The molecule has 106 valence electrons. The van der Waals surface area contributed by atoms with Crippen molar-refractivity contribution in [3.63, 3.8) is 0 Å². The maximum atomic E-state index is 11.2. The smallest absolute Gasteiger partial charge is 0.238 e. The number of anilines is 1. The lowest BCUT2D eigenvalue weighted by atomic mass is 10.1. The molecule has 1 heterocycles. The van der Waals surface area contributed by atoms with Crippen LogP contribution >= 0.6 is 0 Å². The maximum Gasteiger partial charge on any atom is 0.238 e. The summed E-state index contributed by atoms with van der Waals surface area (Å²) in [4.78, 5) is 2.42. The lowest BCUT2D eigenvalue weighted by Crippen LogP contribution is -2.29. The lowest BCUT2D eigenvalue weighted by molar-refractivity contribution is 0.279. The van der Waals surface area contributed by atoms with Gasteiger partial charge in [0.2, 0.25) is 10.0 Å². The van der Waals surface area contributed by atoms with Gasteiger partial charge in [0.1, 0.15) is 0 Å². The molecule has 0 spiro atoms. The van der Waals surface area contributed by atoms with Crippen molar-refractivity contribution in [1.82, 2.24) is 0 Å². The summed E-state index contributed by atoms with van der Waals surface area (Å²) in [6, 6.07) is 7.14. The van der Waals surface area contributed by atoms with E-state index in [1.807, 2.05) is 0 Å². The molecule has 0 amide bonds. The highest BCUT2D eigenvalue weighted by Gasteiger charge is 2.24. The minimum Gasteiger partial charge on any atom is -0.396 e. The number of aliphatic hydroxyl groups excluding tert-OH is 1. The average molecular weight is 284 g/mol. The molecule has 1 fully saturated rings. The van der Waals surface area contributed by atoms with Crippen LogP contribution in [0, 0.1) is 0 Å². The molecular weight excluding hydrogens is 264 g/mol. The summed E-state index contributed by atoms with van der Waals surface area (Å²) in [5.41, 5.74) is 1.02. The molecular formula is C13H20N2O3S. The molecule has 6 heteroatoms. The Balaban J connectivity index is 2.13. The van der Waals surface area contributed by atoms with E-state index in [2.05, 4.69) is 4.90 Å². The van der Waals surface area contributed by atoms with Crippen LogP contribution in [-0.2, 0) is 10.0 Å². The molecule has 3 N–H and O–H groups in total. The molecule has 5 nitrogen and oxygen atoms in total. The molecule has 1 unspecified atom stereocenters. The predicted octanol–water partition coefficient (Wildman–Crippen LogP) is 1.08. The molecule has 0 aliphatic carbocycles. The first-order chi connectivity index (χ1) is 9.02. The van der Waals surface area contributed by atoms with Gasteiger partial charge in [-0.05, 0) is 49.9 Å². The van der Waals surface area contributed by atoms with E-state index in [9.17, 15) is 8.42 Å². The molecule has 1 aliphatic heterocycles. The van der Waals surface area contributed by atoms with E-state index in [-0.39, 0.29) is 11.5 Å². The van der Waals surface area contributed by atoms with E-state index >= 15 is 0 Å². The molecule has 1 aliphatic rings. The fourth-order valence-corrected chi connectivity index (χ4v) is 3.15. The van der Waals surface area contributed by atoms with Crippen LogP contribution in [0.25, 0.3) is 0 Å². The molecule has 1 saturated heterocycles. The summed E-state index contributed by atoms with van der Waals surface area (Å²) in [7, 11) is -3.62. The summed E-state index contributed by atoms with van der Waals surface area (Å²) in [5.74, 6) is 0. The Morgan fingerprint density at radius 3 is 2.58 bits per heavy atom. The zero-order chi connectivity index (χ0) is 13.9. The summed E-state index contributed by atoms with van der Waals surface area (Å²) in [6.45, 7) is 1.19. The fourth-order valence-electron chi connectivity index (χ4n) is 2.63. The van der Waals surface area contributed by atoms with Crippen molar-refractivity contribution in [3.8, 4) is 0 Å². The quantitative estimate of drug-likeness (QED) is 0.847. The van der Waals surface area contributed by atoms with Crippen molar-refractivity contribution in [2.24, 2.45) is 5.14 Å². The van der Waals surface area contributed by atoms with E-state index in [1.54, 1.807) is 24.3 Å². The van der Waals surface area contributed by atoms with Crippen molar-refractivity contribution in [2.75, 3.05) is 18.1 Å². The number of benzene rings is 1. The van der Waals surface area contributed by atoms with Gasteiger partial charge in [0.15, 0.2) is 0 Å². The van der Waals surface area contributed by atoms with Crippen LogP contribution in [0.1, 0.15) is 25.7 Å². The van der Waals surface area contributed by atoms with Crippen LogP contribution in [0.4, 0.5) is 5.69 Å². The molecule has 0 bridgehead atoms. The number of rotatable bonds is 5. The molecule has 1 aromatic carbocycles. The van der Waals surface area contributed by atoms with Crippen molar-refractivity contribution >= 4 is 15.7 Å². The first-order valence-corrected chi connectivity index (χ1v) is 8.07. The topological polar surface area (TPSA) is 83.6 Å². The van der Waals surface area contributed by atoms with Crippen molar-refractivity contribution in [2.45, 2.75) is 36.6 Å². The largest absolute Gasteiger partial charge is 0.396 e. The number of hydrogen-bond acceptors (Lipinski definition) is 4. The van der Waals surface area contributed by atoms with Gasteiger partial charge < -0.3 is 10.0 Å². The normalized spacial score (nSPS) is 19.9. The van der Waals surface area contributed by atoms with Crippen LogP contribution in [0.3, 0.4) is 0 Å². The standard InChI is InChI=1S/C13H20N2O3S/c14-19(17,18)13-7-5-12(6-8-13)15-9-1-3-11(15)4-2-10-16/h5-8,11,16H,1-4,9-10H2,(H2,14,17,18). The first kappa shape index (κ1) is 14.3. The van der Waals surface area contributed by atoms with Gasteiger partial charge in [-0.3, -0.25) is 0 Å². The van der Waals surface area contributed by atoms with Crippen molar-refractivity contribution < 1.29 is 13.5 Å². The summed E-state index contributed by atoms with van der Waals surface area (Å²) >= 11 is 0. The zero-order valence-electron chi connectivity index (χ0n) is 10.8. The Bertz CT molecular complexity index is 513. The summed E-state index contributed by atoms with van der Waals surface area (Å²) < 4.78 is 22.4. The van der Waals surface area contributed by atoms with Gasteiger partial charge >= 0.3 is 0 Å². The monoisotopic (exact) mass is 284 g/mol. The molecule has 0 saturated carbocycles. The second kappa shape index (κ2) is 5.90. The number of nitrogens with two attached hydrogens (primary N) is 1. The summed E-state index contributed by atoms with van der Waals surface area (Å²) in [5, 5.41) is 14.0. The maximum absolute atomic E-state index is 11.2. The van der Waals surface area contributed by atoms with Crippen LogP contribution in [0.5, 0.6) is 0 Å². The molecule has 19 heavy (non-hydrogen) atoms. The molecule has 0 radical (unpaired) electrons. The predicted molar refractivity (Wildman–Crippen MR) is 74.5 cm³/mol. The third-order valence-electron chi connectivity index (χ3n) is 3.57. The van der Waals surface area contributed by atoms with Gasteiger partial charge in [-0.2, -0.15) is 0 Å². The van der Waals surface area contributed by atoms with E-state index < -0.39 is 10.0 Å². The second-order valence-electron chi connectivity index (χ2n) is 4.89. The molecule has 0 aromatic heterocycles. The second-order valence-corrected chi connectivity index (χ2v) is 6.46. The number of aliphatic hydroxyl groups is 1. The van der Waals surface area contributed by atoms with Gasteiger partial charge in [-0.1, -0.05) is 0 Å². The fraction of sp³-hybridized carbons (Fsp3) is 0.538. The van der Waals surface area contributed by atoms with E-state index in [0.717, 1.165) is 37.9 Å². The minimum absolute atomic E-state index is 0.141. The Hall–Kier alpha value is -1.11. The molecule has 1 aromatic rings. The van der Waals surface area contributed by atoms with Crippen LogP contribution in [-0.4, -0.2) is 32.7 Å². The lowest BCUT2D eigenvalue weighted by Gasteiger charge is -2.26. The van der Waals surface area contributed by atoms with Gasteiger partial charge in [-0.15, -0.1) is 0 Å². The van der Waals surface area contributed by atoms with Gasteiger partial charge in [-0.25, -0.2) is 13.6 Å². The van der Waals surface area contributed by atoms with E-state index in [1.165, 1.54) is 0 Å². The van der Waals surface area contributed by atoms with Crippen LogP contribution in [0.2, 0.25) is 0 Å². The Kier molecular flexibility index (Phi) is 4.44. The SMILES string of the molecule is NS(=O)(=O)c1ccc(N2CCCC2CCCO)cc1. The number of nitrogens with zero attached hydrogens (tertiary/aromatic N) is 1. The van der Waals surface area contributed by atoms with Crippen molar-refractivity contribution in [3.05, 3.63) is 24.3 Å². The third kappa shape index (κ3) is 3.46. The zero-order valence-corrected chi connectivity index (χ0v) is 11.6. The van der Waals surface area contributed by atoms with Gasteiger partial charge in [0.05, 0.1) is 4.90 Å². The Labute approximate surface area is 114 Å². The van der Waals surface area contributed by atoms with E-state index in [0.29, 0.717) is 6.04 Å².